The average Bonchev–Trinajstić information content (AvgIpc) is 2.65. The van der Waals surface area contributed by atoms with Crippen molar-refractivity contribution in [3.63, 3.8) is 0 Å². The van der Waals surface area contributed by atoms with Crippen molar-refractivity contribution in [1.82, 2.24) is 0 Å². The quantitative estimate of drug-likeness (QED) is 0.746. The minimum Gasteiger partial charge on any atom is -0.452 e. The van der Waals surface area contributed by atoms with Crippen molar-refractivity contribution in [2.75, 3.05) is 13.2 Å². The standard InChI is InChI=1S/C18H18O6/c19-11-15(23-17(21)13-7-3-1-4-8-13)16(12-20)24-18(22)14-9-5-2-6-10-14/h1-10,15-16,19-20H,11-12H2/t15-,16-/m1/s1. The molecule has 0 fully saturated rings. The Morgan fingerprint density at radius 1 is 0.708 bits per heavy atom. The fourth-order valence-electron chi connectivity index (χ4n) is 2.02. The highest BCUT2D eigenvalue weighted by atomic mass is 16.6. The highest BCUT2D eigenvalue weighted by Gasteiger charge is 2.28. The Bertz CT molecular complexity index is 596. The summed E-state index contributed by atoms with van der Waals surface area (Å²) < 4.78 is 10.3. The zero-order valence-corrected chi connectivity index (χ0v) is 12.9. The first kappa shape index (κ1) is 17.7. The van der Waals surface area contributed by atoms with Gasteiger partial charge in [-0.05, 0) is 24.3 Å². The first-order chi connectivity index (χ1) is 11.7. The third-order valence-electron chi connectivity index (χ3n) is 3.31. The molecule has 2 atom stereocenters. The second-order valence-corrected chi connectivity index (χ2v) is 4.98. The van der Waals surface area contributed by atoms with Gasteiger partial charge >= 0.3 is 11.9 Å². The summed E-state index contributed by atoms with van der Waals surface area (Å²) in [6.07, 6.45) is -2.34. The molecule has 0 heterocycles. The Morgan fingerprint density at radius 2 is 1.04 bits per heavy atom. The van der Waals surface area contributed by atoms with E-state index in [-0.39, 0.29) is 0 Å². The Morgan fingerprint density at radius 3 is 1.33 bits per heavy atom. The minimum atomic E-state index is -1.17. The normalized spacial score (nSPS) is 12.9. The molecule has 2 N–H and O–H groups in total. The van der Waals surface area contributed by atoms with Gasteiger partial charge in [-0.15, -0.1) is 0 Å². The molecule has 0 aliphatic carbocycles. The molecular formula is C18H18O6. The van der Waals surface area contributed by atoms with Crippen molar-refractivity contribution in [2.24, 2.45) is 0 Å². The van der Waals surface area contributed by atoms with Crippen LogP contribution in [0.3, 0.4) is 0 Å². The highest BCUT2D eigenvalue weighted by Crippen LogP contribution is 2.11. The summed E-state index contributed by atoms with van der Waals surface area (Å²) in [6, 6.07) is 16.4. The van der Waals surface area contributed by atoms with Crippen LogP contribution in [0.25, 0.3) is 0 Å². The van der Waals surface area contributed by atoms with Crippen LogP contribution in [-0.2, 0) is 9.47 Å². The molecule has 0 amide bonds. The Balaban J connectivity index is 2.03. The first-order valence-electron chi connectivity index (χ1n) is 7.39. The van der Waals surface area contributed by atoms with Gasteiger partial charge in [-0.2, -0.15) is 0 Å². The van der Waals surface area contributed by atoms with Gasteiger partial charge in [0.2, 0.25) is 0 Å². The Hall–Kier alpha value is -2.70. The Labute approximate surface area is 139 Å². The average molecular weight is 330 g/mol. The third-order valence-corrected chi connectivity index (χ3v) is 3.31. The monoisotopic (exact) mass is 330 g/mol. The zero-order valence-electron chi connectivity index (χ0n) is 12.9. The van der Waals surface area contributed by atoms with E-state index in [1.54, 1.807) is 60.7 Å². The van der Waals surface area contributed by atoms with Crippen LogP contribution in [-0.4, -0.2) is 47.6 Å². The van der Waals surface area contributed by atoms with E-state index in [2.05, 4.69) is 0 Å². The molecule has 6 heteroatoms. The van der Waals surface area contributed by atoms with Crippen LogP contribution in [0.15, 0.2) is 60.7 Å². The van der Waals surface area contributed by atoms with Gasteiger partial charge in [-0.3, -0.25) is 0 Å². The van der Waals surface area contributed by atoms with E-state index in [1.807, 2.05) is 0 Å². The van der Waals surface area contributed by atoms with Crippen LogP contribution in [0.5, 0.6) is 0 Å². The lowest BCUT2D eigenvalue weighted by Crippen LogP contribution is -2.40. The summed E-state index contributed by atoms with van der Waals surface area (Å²) in [5.74, 6) is -1.35. The molecule has 0 aliphatic heterocycles. The fraction of sp³-hybridized carbons (Fsp3) is 0.222. The van der Waals surface area contributed by atoms with Crippen LogP contribution in [0.4, 0.5) is 0 Å². The van der Waals surface area contributed by atoms with Crippen LogP contribution in [0, 0.1) is 0 Å². The number of hydrogen-bond acceptors (Lipinski definition) is 6. The number of aliphatic hydroxyl groups is 2. The number of carbonyl (C=O) groups is 2. The molecule has 2 rings (SSSR count). The van der Waals surface area contributed by atoms with Crippen LogP contribution in [0.1, 0.15) is 20.7 Å². The summed E-state index contributed by atoms with van der Waals surface area (Å²) in [7, 11) is 0. The third kappa shape index (κ3) is 4.65. The lowest BCUT2D eigenvalue weighted by molar-refractivity contribution is -0.0683. The predicted octanol–water partition coefficient (Wildman–Crippen LogP) is 1.42. The lowest BCUT2D eigenvalue weighted by Gasteiger charge is -2.24. The molecule has 2 aromatic rings. The van der Waals surface area contributed by atoms with Crippen LogP contribution in [0.2, 0.25) is 0 Å². The maximum Gasteiger partial charge on any atom is 0.338 e. The van der Waals surface area contributed by atoms with E-state index in [0.29, 0.717) is 11.1 Å². The summed E-state index contributed by atoms with van der Waals surface area (Å²) >= 11 is 0. The van der Waals surface area contributed by atoms with Crippen molar-refractivity contribution in [3.8, 4) is 0 Å². The molecule has 126 valence electrons. The SMILES string of the molecule is O=C(O[C@H](CO)[C@@H](CO)OC(=O)c1ccccc1)c1ccccc1. The van der Waals surface area contributed by atoms with Gasteiger partial charge in [-0.1, -0.05) is 36.4 Å². The number of hydrogen-bond donors (Lipinski definition) is 2. The summed E-state index contributed by atoms with van der Waals surface area (Å²) in [4.78, 5) is 24.1. The number of carbonyl (C=O) groups excluding carboxylic acids is 2. The van der Waals surface area contributed by atoms with Crippen molar-refractivity contribution in [1.29, 1.82) is 0 Å². The van der Waals surface area contributed by atoms with Crippen molar-refractivity contribution in [2.45, 2.75) is 12.2 Å². The van der Waals surface area contributed by atoms with Gasteiger partial charge in [0.15, 0.2) is 12.2 Å². The Kier molecular flexibility index (Phi) is 6.48. The van der Waals surface area contributed by atoms with Crippen molar-refractivity contribution in [3.05, 3.63) is 71.8 Å². The zero-order chi connectivity index (χ0) is 17.4. The summed E-state index contributed by atoms with van der Waals surface area (Å²) in [6.45, 7) is -1.18. The first-order valence-corrected chi connectivity index (χ1v) is 7.39. The second kappa shape index (κ2) is 8.81. The molecule has 0 saturated heterocycles. The molecule has 0 aromatic heterocycles. The second-order valence-electron chi connectivity index (χ2n) is 4.98. The van der Waals surface area contributed by atoms with E-state index in [9.17, 15) is 19.8 Å². The maximum atomic E-state index is 12.0. The molecule has 2 aromatic carbocycles. The van der Waals surface area contributed by atoms with Gasteiger partial charge in [0, 0.05) is 0 Å². The molecule has 6 nitrogen and oxygen atoms in total. The molecule has 24 heavy (non-hydrogen) atoms. The molecule has 0 unspecified atom stereocenters. The van der Waals surface area contributed by atoms with Gasteiger partial charge in [0.05, 0.1) is 24.3 Å². The summed E-state index contributed by atoms with van der Waals surface area (Å²) in [5, 5.41) is 18.9. The molecule has 0 bridgehead atoms. The van der Waals surface area contributed by atoms with E-state index >= 15 is 0 Å². The fourth-order valence-corrected chi connectivity index (χ4v) is 2.02. The van der Waals surface area contributed by atoms with Crippen molar-refractivity contribution >= 4 is 11.9 Å². The number of aliphatic hydroxyl groups excluding tert-OH is 2. The van der Waals surface area contributed by atoms with E-state index in [4.69, 9.17) is 9.47 Å². The maximum absolute atomic E-state index is 12.0. The number of benzene rings is 2. The van der Waals surface area contributed by atoms with E-state index in [0.717, 1.165) is 0 Å². The van der Waals surface area contributed by atoms with Crippen LogP contribution >= 0.6 is 0 Å². The largest absolute Gasteiger partial charge is 0.452 e. The highest BCUT2D eigenvalue weighted by molar-refractivity contribution is 5.90. The van der Waals surface area contributed by atoms with Crippen LogP contribution < -0.4 is 0 Å². The number of rotatable bonds is 7. The minimum absolute atomic E-state index is 0.294. The molecular weight excluding hydrogens is 312 g/mol. The smallest absolute Gasteiger partial charge is 0.338 e. The molecule has 0 aliphatic rings. The lowest BCUT2D eigenvalue weighted by atomic mass is 10.2. The molecule has 0 spiro atoms. The van der Waals surface area contributed by atoms with Gasteiger partial charge in [0.25, 0.3) is 0 Å². The van der Waals surface area contributed by atoms with E-state index < -0.39 is 37.4 Å². The van der Waals surface area contributed by atoms with Gasteiger partial charge in [0.1, 0.15) is 0 Å². The summed E-state index contributed by atoms with van der Waals surface area (Å²) in [5.41, 5.74) is 0.587. The molecule has 0 saturated carbocycles. The number of ether oxygens (including phenoxy) is 2. The van der Waals surface area contributed by atoms with Gasteiger partial charge < -0.3 is 19.7 Å². The van der Waals surface area contributed by atoms with E-state index in [1.165, 1.54) is 0 Å². The molecule has 0 radical (unpaired) electrons. The predicted molar refractivity (Wildman–Crippen MR) is 85.5 cm³/mol. The van der Waals surface area contributed by atoms with Gasteiger partial charge in [-0.25, -0.2) is 9.59 Å². The van der Waals surface area contributed by atoms with Crippen molar-refractivity contribution < 1.29 is 29.3 Å². The number of esters is 2. The topological polar surface area (TPSA) is 93.1 Å².